The minimum Gasteiger partial charge on any atom is -0.434 e. The predicted molar refractivity (Wildman–Crippen MR) is 72.1 cm³/mol. The van der Waals surface area contributed by atoms with Crippen molar-refractivity contribution in [1.82, 2.24) is 10.6 Å². The number of aliphatic hydroxyl groups is 1. The summed E-state index contributed by atoms with van der Waals surface area (Å²) in [4.78, 5) is 11.6. The molecule has 1 aliphatic carbocycles. The van der Waals surface area contributed by atoms with Gasteiger partial charge in [-0.15, -0.1) is 0 Å². The van der Waals surface area contributed by atoms with Crippen molar-refractivity contribution in [2.75, 3.05) is 6.54 Å². The van der Waals surface area contributed by atoms with Gasteiger partial charge in [0.15, 0.2) is 0 Å². The van der Waals surface area contributed by atoms with Gasteiger partial charge in [-0.05, 0) is 31.4 Å². The molecule has 0 spiro atoms. The Bertz CT molecular complexity index is 536. The van der Waals surface area contributed by atoms with Gasteiger partial charge < -0.3 is 20.5 Å². The molecule has 1 aliphatic rings. The highest BCUT2D eigenvalue weighted by atomic mass is 19.3. The summed E-state index contributed by atoms with van der Waals surface area (Å²) in [5.41, 5.74) is -1.04. The summed E-state index contributed by atoms with van der Waals surface area (Å²) < 4.78 is 42.4. The van der Waals surface area contributed by atoms with Crippen molar-refractivity contribution in [2.45, 2.75) is 38.0 Å². The topological polar surface area (TPSA) is 70.6 Å². The van der Waals surface area contributed by atoms with Crippen molar-refractivity contribution in [2.24, 2.45) is 0 Å². The van der Waals surface area contributed by atoms with Crippen molar-refractivity contribution >= 4 is 6.03 Å². The molecule has 0 unspecified atom stereocenters. The molecule has 1 saturated carbocycles. The van der Waals surface area contributed by atoms with Crippen molar-refractivity contribution in [3.63, 3.8) is 0 Å². The zero-order valence-corrected chi connectivity index (χ0v) is 11.7. The molecule has 0 bridgehead atoms. The molecule has 0 radical (unpaired) electrons. The first-order chi connectivity index (χ1) is 10.4. The van der Waals surface area contributed by atoms with E-state index in [0.29, 0.717) is 12.8 Å². The van der Waals surface area contributed by atoms with Crippen LogP contribution in [-0.4, -0.2) is 29.9 Å². The maximum atomic E-state index is 13.7. The summed E-state index contributed by atoms with van der Waals surface area (Å²) in [5.74, 6) is -1.08. The maximum Gasteiger partial charge on any atom is 0.387 e. The third-order valence-corrected chi connectivity index (χ3v) is 3.58. The van der Waals surface area contributed by atoms with Crippen LogP contribution in [0.4, 0.5) is 18.0 Å². The number of nitrogens with one attached hydrogen (secondary N) is 2. The predicted octanol–water partition coefficient (Wildman–Crippen LogP) is 2.14. The lowest BCUT2D eigenvalue weighted by atomic mass is 9.80. The molecule has 1 aromatic carbocycles. The Morgan fingerprint density at radius 2 is 2.09 bits per heavy atom. The third kappa shape index (κ3) is 4.27. The van der Waals surface area contributed by atoms with Crippen molar-refractivity contribution < 1.29 is 27.8 Å². The van der Waals surface area contributed by atoms with Crippen LogP contribution in [-0.2, 0) is 6.54 Å². The van der Waals surface area contributed by atoms with E-state index in [1.165, 1.54) is 12.1 Å². The van der Waals surface area contributed by atoms with E-state index < -0.39 is 24.1 Å². The number of carbonyl (C=O) groups excluding carboxylic acids is 1. The molecule has 1 fully saturated rings. The number of carbonyl (C=O) groups is 1. The summed E-state index contributed by atoms with van der Waals surface area (Å²) in [6.45, 7) is -3.29. The first kappa shape index (κ1) is 16.4. The van der Waals surface area contributed by atoms with E-state index in [1.807, 2.05) is 0 Å². The van der Waals surface area contributed by atoms with Crippen LogP contribution in [0.3, 0.4) is 0 Å². The molecule has 22 heavy (non-hydrogen) atoms. The number of benzene rings is 1. The Labute approximate surface area is 125 Å². The molecule has 0 aromatic heterocycles. The highest BCUT2D eigenvalue weighted by Crippen LogP contribution is 2.30. The molecule has 1 aromatic rings. The summed E-state index contributed by atoms with van der Waals surface area (Å²) in [7, 11) is 0. The van der Waals surface area contributed by atoms with Gasteiger partial charge in [0.1, 0.15) is 11.6 Å². The van der Waals surface area contributed by atoms with E-state index in [1.54, 1.807) is 0 Å². The summed E-state index contributed by atoms with van der Waals surface area (Å²) in [6, 6.07) is 2.90. The second-order valence-electron chi connectivity index (χ2n) is 5.21. The SMILES string of the molecule is O=C(NCc1c(F)cccc1OC(F)F)NCC1(O)CCC1. The van der Waals surface area contributed by atoms with Gasteiger partial charge in [-0.2, -0.15) is 8.78 Å². The molecule has 2 rings (SSSR count). The van der Waals surface area contributed by atoms with Gasteiger partial charge in [0.2, 0.25) is 0 Å². The van der Waals surface area contributed by atoms with Crippen molar-refractivity contribution in [1.29, 1.82) is 0 Å². The lowest BCUT2D eigenvalue weighted by Gasteiger charge is -2.36. The molecule has 122 valence electrons. The maximum absolute atomic E-state index is 13.7. The molecule has 8 heteroatoms. The van der Waals surface area contributed by atoms with E-state index >= 15 is 0 Å². The second kappa shape index (κ2) is 6.87. The molecular weight excluding hydrogens is 301 g/mol. The van der Waals surface area contributed by atoms with Crippen LogP contribution < -0.4 is 15.4 Å². The van der Waals surface area contributed by atoms with Crippen LogP contribution in [0.5, 0.6) is 5.75 Å². The van der Waals surface area contributed by atoms with E-state index in [2.05, 4.69) is 15.4 Å². The van der Waals surface area contributed by atoms with Crippen LogP contribution in [0.25, 0.3) is 0 Å². The lowest BCUT2D eigenvalue weighted by Crippen LogP contribution is -2.50. The second-order valence-corrected chi connectivity index (χ2v) is 5.21. The number of hydrogen-bond acceptors (Lipinski definition) is 3. The summed E-state index contributed by atoms with van der Waals surface area (Å²) in [6.07, 6.45) is 2.14. The standard InChI is InChI=1S/C14H17F3N2O3/c15-10-3-1-4-11(22-12(16)17)9(10)7-18-13(20)19-8-14(21)5-2-6-14/h1,3-4,12,21H,2,5-8H2,(H2,18,19,20). The number of ether oxygens (including phenoxy) is 1. The van der Waals surface area contributed by atoms with Gasteiger partial charge >= 0.3 is 12.6 Å². The fourth-order valence-corrected chi connectivity index (χ4v) is 2.15. The molecule has 2 amide bonds. The molecule has 0 saturated heterocycles. The van der Waals surface area contributed by atoms with E-state index in [0.717, 1.165) is 12.5 Å². The van der Waals surface area contributed by atoms with Crippen LogP contribution in [0.15, 0.2) is 18.2 Å². The monoisotopic (exact) mass is 318 g/mol. The zero-order valence-electron chi connectivity index (χ0n) is 11.7. The van der Waals surface area contributed by atoms with Crippen molar-refractivity contribution in [3.8, 4) is 5.75 Å². The highest BCUT2D eigenvalue weighted by molar-refractivity contribution is 5.74. The Kier molecular flexibility index (Phi) is 5.12. The fraction of sp³-hybridized carbons (Fsp3) is 0.500. The minimum atomic E-state index is -3.08. The van der Waals surface area contributed by atoms with Crippen LogP contribution in [0.2, 0.25) is 0 Å². The van der Waals surface area contributed by atoms with Gasteiger partial charge in [-0.1, -0.05) is 6.07 Å². The van der Waals surface area contributed by atoms with E-state index in [4.69, 9.17) is 0 Å². The van der Waals surface area contributed by atoms with Gasteiger partial charge in [-0.3, -0.25) is 0 Å². The normalized spacial score (nSPS) is 16.0. The van der Waals surface area contributed by atoms with Crippen LogP contribution in [0.1, 0.15) is 24.8 Å². The van der Waals surface area contributed by atoms with Crippen LogP contribution in [0, 0.1) is 5.82 Å². The first-order valence-corrected chi connectivity index (χ1v) is 6.86. The fourth-order valence-electron chi connectivity index (χ4n) is 2.15. The number of hydrogen-bond donors (Lipinski definition) is 3. The third-order valence-electron chi connectivity index (χ3n) is 3.58. The van der Waals surface area contributed by atoms with E-state index in [-0.39, 0.29) is 24.4 Å². The minimum absolute atomic E-state index is 0.0937. The molecule has 0 heterocycles. The van der Waals surface area contributed by atoms with Gasteiger partial charge in [0.25, 0.3) is 0 Å². The smallest absolute Gasteiger partial charge is 0.387 e. The Morgan fingerprint density at radius 1 is 1.36 bits per heavy atom. The Hall–Kier alpha value is -1.96. The van der Waals surface area contributed by atoms with Crippen molar-refractivity contribution in [3.05, 3.63) is 29.6 Å². The number of urea groups is 1. The van der Waals surface area contributed by atoms with E-state index in [9.17, 15) is 23.1 Å². The van der Waals surface area contributed by atoms with Gasteiger partial charge in [0, 0.05) is 12.1 Å². The molecule has 0 aliphatic heterocycles. The number of amides is 2. The summed E-state index contributed by atoms with van der Waals surface area (Å²) in [5, 5.41) is 14.6. The number of halogens is 3. The van der Waals surface area contributed by atoms with Crippen LogP contribution >= 0.6 is 0 Å². The Balaban J connectivity index is 1.88. The molecule has 3 N–H and O–H groups in total. The molecular formula is C14H17F3N2O3. The van der Waals surface area contributed by atoms with Gasteiger partial charge in [-0.25, -0.2) is 9.18 Å². The average molecular weight is 318 g/mol. The largest absolute Gasteiger partial charge is 0.434 e. The van der Waals surface area contributed by atoms with Gasteiger partial charge in [0.05, 0.1) is 12.1 Å². The molecule has 5 nitrogen and oxygen atoms in total. The summed E-state index contributed by atoms with van der Waals surface area (Å²) >= 11 is 0. The highest BCUT2D eigenvalue weighted by Gasteiger charge is 2.34. The lowest BCUT2D eigenvalue weighted by molar-refractivity contribution is -0.0506. The quantitative estimate of drug-likeness (QED) is 0.752. The first-order valence-electron chi connectivity index (χ1n) is 6.86. The number of rotatable bonds is 6. The molecule has 0 atom stereocenters. The average Bonchev–Trinajstić information content (AvgIpc) is 2.42. The zero-order chi connectivity index (χ0) is 16.2. The Morgan fingerprint density at radius 3 is 2.68 bits per heavy atom. The number of alkyl halides is 2.